The second-order valence-corrected chi connectivity index (χ2v) is 29.2. The van der Waals surface area contributed by atoms with Crippen LogP contribution in [0.4, 0.5) is 0 Å². The summed E-state index contributed by atoms with van der Waals surface area (Å²) in [7, 11) is 1.47. The molecule has 0 spiro atoms. The first-order chi connectivity index (χ1) is 52.0. The summed E-state index contributed by atoms with van der Waals surface area (Å²) in [4.78, 5) is 118. The zero-order valence-electron chi connectivity index (χ0n) is 59.1. The lowest BCUT2D eigenvalue weighted by atomic mass is 9.86. The summed E-state index contributed by atoms with van der Waals surface area (Å²) >= 11 is 20.6. The predicted octanol–water partition coefficient (Wildman–Crippen LogP) is 2.26. The molecule has 13 rings (SSSR count). The molecule has 6 aromatic carbocycles. The van der Waals surface area contributed by atoms with Crippen LogP contribution in [0.2, 0.25) is 15.1 Å². The number of aromatic hydroxyl groups is 4. The maximum absolute atomic E-state index is 16.2. The van der Waals surface area contributed by atoms with Crippen molar-refractivity contribution in [2.45, 2.75) is 163 Å². The van der Waals surface area contributed by atoms with Gasteiger partial charge in [-0.15, -0.1) is 0 Å². The summed E-state index contributed by atoms with van der Waals surface area (Å²) in [6.45, 7) is 6.21. The largest absolute Gasteiger partial charge is 0.508 e. The number of nitrogens with two attached hydrogens (primary N) is 2. The Morgan fingerprint density at radius 2 is 1.30 bits per heavy atom. The van der Waals surface area contributed by atoms with Gasteiger partial charge in [0.1, 0.15) is 95.2 Å². The third-order valence-corrected chi connectivity index (χ3v) is 20.1. The van der Waals surface area contributed by atoms with E-state index < -0.39 is 231 Å². The Hall–Kier alpha value is -9.89. The van der Waals surface area contributed by atoms with Gasteiger partial charge in [0.15, 0.2) is 29.9 Å². The molecule has 7 aliphatic rings. The summed E-state index contributed by atoms with van der Waals surface area (Å²) in [6, 6.07) is 3.61. The predicted molar refractivity (Wildman–Crippen MR) is 387 cm³/mol. The molecule has 22 N–H and O–H groups in total. The first-order valence-electron chi connectivity index (χ1n) is 34.5. The van der Waals surface area contributed by atoms with E-state index in [1.807, 2.05) is 13.8 Å². The molecule has 0 aliphatic carbocycles. The molecular formula is C73H81Cl3N10O24. The average molecular weight is 1590 g/mol. The van der Waals surface area contributed by atoms with E-state index in [9.17, 15) is 75.0 Å². The molecule has 588 valence electrons. The molecule has 34 nitrogen and oxygen atoms in total. The van der Waals surface area contributed by atoms with E-state index in [0.717, 1.165) is 66.7 Å². The number of phenolic OH excluding ortho intramolecular Hbond substituents is 4. The maximum atomic E-state index is 16.2. The van der Waals surface area contributed by atoms with Crippen LogP contribution in [-0.2, 0) is 59.1 Å². The molecule has 11 bridgehead atoms. The van der Waals surface area contributed by atoms with E-state index in [1.165, 1.54) is 51.2 Å². The molecule has 110 heavy (non-hydrogen) atoms. The number of likely N-dealkylation sites (N-methyl/N-ethyl adjacent to an activating group) is 1. The molecule has 6 aromatic rings. The van der Waals surface area contributed by atoms with Gasteiger partial charge >= 0.3 is 5.97 Å². The number of amides is 7. The van der Waals surface area contributed by atoms with Crippen molar-refractivity contribution in [3.05, 3.63) is 146 Å². The highest BCUT2D eigenvalue weighted by Crippen LogP contribution is 2.50. The van der Waals surface area contributed by atoms with Gasteiger partial charge in [-0.1, -0.05) is 66.8 Å². The van der Waals surface area contributed by atoms with Gasteiger partial charge in [-0.25, -0.2) is 4.79 Å². The van der Waals surface area contributed by atoms with Crippen molar-refractivity contribution in [1.82, 2.24) is 42.5 Å². The monoisotopic (exact) mass is 1590 g/mol. The van der Waals surface area contributed by atoms with Crippen LogP contribution in [0.25, 0.3) is 11.1 Å². The van der Waals surface area contributed by atoms with Gasteiger partial charge in [-0.2, -0.15) is 0 Å². The second kappa shape index (κ2) is 33.4. The molecule has 0 radical (unpaired) electrons. The molecule has 2 saturated heterocycles. The molecule has 18 atom stereocenters. The lowest BCUT2D eigenvalue weighted by Crippen LogP contribution is -2.65. The van der Waals surface area contributed by atoms with E-state index >= 15 is 14.4 Å². The molecule has 0 saturated carbocycles. The molecular weight excluding hydrogens is 1510 g/mol. The number of halogens is 3. The van der Waals surface area contributed by atoms with Gasteiger partial charge < -0.3 is 133 Å². The fraction of sp³-hybridized carbons (Fsp3) is 0.397. The number of aliphatic hydroxyl groups is 5. The van der Waals surface area contributed by atoms with Gasteiger partial charge in [0.25, 0.3) is 0 Å². The van der Waals surface area contributed by atoms with Crippen molar-refractivity contribution in [2.75, 3.05) is 13.6 Å². The fourth-order valence-electron chi connectivity index (χ4n) is 13.6. The first kappa shape index (κ1) is 81.1. The fourth-order valence-corrected chi connectivity index (χ4v) is 14.2. The number of carbonyl (C=O) groups is 8. The van der Waals surface area contributed by atoms with E-state index in [-0.39, 0.29) is 70.1 Å². The third-order valence-electron chi connectivity index (χ3n) is 19.3. The molecule has 37 heteroatoms. The van der Waals surface area contributed by atoms with Crippen LogP contribution in [-0.4, -0.2) is 191 Å². The van der Waals surface area contributed by atoms with Crippen LogP contribution in [0, 0.1) is 5.92 Å². The lowest BCUT2D eigenvalue weighted by molar-refractivity contribution is -0.330. The number of phenols is 4. The SMILES string of the molecule is CN[C@@H](CC(C)C)C(=O)N[C@H]1C(=O)N[C@@H](CC(N)=O)C(=O)N[C@H]2C(=O)NC3C(=O)N[C@H](C(=O)N[C@@H](C(=O)O)c4cc(O)cc(O)c4-c4cc3ccc4O)[C@H](O)c3ccc(c(Cl)c3)Oc3cc2cc(c3OC2OC(CNCc3cc(Cl)ccc3O)C(O)C(O)C2OC2CC(C)(N)C(O)C(C)O2)Oc2ccc(cc2Cl)[C@H]1O. The normalized spacial score (nSPS) is 28.0. The van der Waals surface area contributed by atoms with Crippen molar-refractivity contribution < 1.29 is 118 Å². The van der Waals surface area contributed by atoms with Gasteiger partial charge in [0.05, 0.1) is 34.7 Å². The Morgan fingerprint density at radius 1 is 0.682 bits per heavy atom. The van der Waals surface area contributed by atoms with Gasteiger partial charge in [0.2, 0.25) is 53.4 Å². The standard InChI is InChI=1S/C73H81Cl3N10O24/c1-27(2)14-40(79-5)65(97)85-56-58(92)30-7-12-45(38(75)17-30)106-47-19-32-20-48(62(47)110-72-63(109-51-24-73(4,78)64(96)28(3)105-51)61(95)60(94)49(108-72)26-80-25-33-15-34(74)9-11-42(33)88)107-46-13-8-31(18-39(46)76)59(93)57-70(102)84-55(71(103)104)37-21-35(87)22-44(90)52(37)36-16-29(6-10-43(36)89)53(67(99)86-57)83-68(100)54(32)82-66(98)41(23-50(77)91)81-69(56)101/h6-13,15-22,27-28,40-41,49,51,53-61,63-64,72,79-80,87-90,92-96H,14,23-26,78H2,1-5H3,(H2,77,91)(H,81,101)(H,82,98)(H,83,100)(H,84,102)(H,85,97)(H,86,99)(H,103,104)/t28?,40-,41-,49?,51?,53?,54+,55+,56+,57-,58+,59+,60?,61?,63?,64?,72?,73?/m0/s1. The highest BCUT2D eigenvalue weighted by molar-refractivity contribution is 6.32. The van der Waals surface area contributed by atoms with Crippen LogP contribution in [0.5, 0.6) is 51.7 Å². The summed E-state index contributed by atoms with van der Waals surface area (Å²) in [5.74, 6) is -16.2. The Kier molecular flexibility index (Phi) is 24.6. The minimum Gasteiger partial charge on any atom is -0.508 e. The highest BCUT2D eigenvalue weighted by Gasteiger charge is 2.52. The number of rotatable bonds is 16. The van der Waals surface area contributed by atoms with Crippen molar-refractivity contribution >= 4 is 82.1 Å². The number of primary amides is 1. The number of aliphatic carboxylic acids is 1. The Balaban J connectivity index is 1.16. The molecule has 7 amide bonds. The molecule has 7 heterocycles. The van der Waals surface area contributed by atoms with E-state index in [2.05, 4.69) is 42.5 Å². The third kappa shape index (κ3) is 17.6. The topological polar surface area (TPSA) is 543 Å². The van der Waals surface area contributed by atoms with Crippen LogP contribution in [0.1, 0.15) is 111 Å². The van der Waals surface area contributed by atoms with Crippen molar-refractivity contribution in [2.24, 2.45) is 17.4 Å². The number of carboxylic acid groups (broad SMARTS) is 1. The number of fused-ring (bicyclic) bond motifs is 15. The Labute approximate surface area is 641 Å². The lowest BCUT2D eigenvalue weighted by Gasteiger charge is -2.47. The van der Waals surface area contributed by atoms with Crippen LogP contribution < -0.4 is 68.2 Å². The molecule has 0 aromatic heterocycles. The number of aliphatic hydroxyl groups excluding tert-OH is 5. The average Bonchev–Trinajstić information content (AvgIpc) is 0.742. The number of hydrogen-bond acceptors (Lipinski definition) is 26. The van der Waals surface area contributed by atoms with Gasteiger partial charge in [0, 0.05) is 58.4 Å². The number of benzene rings is 6. The van der Waals surface area contributed by atoms with Crippen LogP contribution in [0.3, 0.4) is 0 Å². The van der Waals surface area contributed by atoms with Gasteiger partial charge in [-0.05, 0) is 128 Å². The van der Waals surface area contributed by atoms with Gasteiger partial charge in [-0.3, -0.25) is 33.6 Å². The zero-order valence-corrected chi connectivity index (χ0v) is 61.4. The first-order valence-corrected chi connectivity index (χ1v) is 35.7. The maximum Gasteiger partial charge on any atom is 0.330 e. The number of nitrogens with one attached hydrogen (secondary N) is 8. The van der Waals surface area contributed by atoms with Crippen LogP contribution >= 0.6 is 34.8 Å². The van der Waals surface area contributed by atoms with Crippen molar-refractivity contribution in [1.29, 1.82) is 0 Å². The summed E-state index contributed by atoms with van der Waals surface area (Å²) in [5.41, 5.74) is 8.40. The number of ether oxygens (including phenoxy) is 6. The van der Waals surface area contributed by atoms with E-state index in [4.69, 9.17) is 74.7 Å². The molecule has 7 aliphatic heterocycles. The quantitative estimate of drug-likeness (QED) is 0.0661. The minimum atomic E-state index is -2.36. The van der Waals surface area contributed by atoms with Crippen molar-refractivity contribution in [3.63, 3.8) is 0 Å². The number of hydrogen-bond donors (Lipinski definition) is 20. The number of carbonyl (C=O) groups excluding carboxylic acids is 7. The second-order valence-electron chi connectivity index (χ2n) is 27.9. The Bertz CT molecular complexity index is 4580. The number of carboxylic acids is 1. The summed E-state index contributed by atoms with van der Waals surface area (Å²) in [5, 5.41) is 136. The zero-order chi connectivity index (χ0) is 79.8. The summed E-state index contributed by atoms with van der Waals surface area (Å²) < 4.78 is 39.5. The van der Waals surface area contributed by atoms with E-state index in [0.29, 0.717) is 5.56 Å². The smallest absolute Gasteiger partial charge is 0.330 e. The Morgan fingerprint density at radius 3 is 1.92 bits per heavy atom. The van der Waals surface area contributed by atoms with Crippen molar-refractivity contribution in [3.8, 4) is 62.9 Å². The highest BCUT2D eigenvalue weighted by atomic mass is 35.5. The minimum absolute atomic E-state index is 0.104. The van der Waals surface area contributed by atoms with Crippen LogP contribution in [0.15, 0.2) is 97.1 Å². The summed E-state index contributed by atoms with van der Waals surface area (Å²) in [6.07, 6.45) is -18.4. The molecule has 2 fully saturated rings. The van der Waals surface area contributed by atoms with E-state index in [1.54, 1.807) is 0 Å². The molecule has 10 unspecified atom stereocenters.